The standard InChI is InChI=1S/C20H24N3O3PS/c1-11-18(28-20(21-11)22-12(2)24)14-7-15-10-23(9-13-5-6-13)19(25)17(15)16(8-14)27(3,4)26/h7-8,13H,5-6,9-10H2,1-4H3,(H,21,22,24). The van der Waals surface area contributed by atoms with E-state index >= 15 is 0 Å². The summed E-state index contributed by atoms with van der Waals surface area (Å²) in [4.78, 5) is 31.6. The van der Waals surface area contributed by atoms with Gasteiger partial charge in [0.15, 0.2) is 5.13 Å². The first kappa shape index (κ1) is 19.3. The van der Waals surface area contributed by atoms with Crippen molar-refractivity contribution in [3.05, 3.63) is 29.0 Å². The Morgan fingerprint density at radius 1 is 1.36 bits per heavy atom. The Labute approximate surface area is 168 Å². The highest BCUT2D eigenvalue weighted by Crippen LogP contribution is 2.43. The molecule has 0 radical (unpaired) electrons. The fourth-order valence-corrected chi connectivity index (χ4v) is 5.90. The fourth-order valence-electron chi connectivity index (χ4n) is 3.68. The Hall–Kier alpha value is -1.98. The van der Waals surface area contributed by atoms with Gasteiger partial charge in [0.1, 0.15) is 7.14 Å². The van der Waals surface area contributed by atoms with Crippen molar-refractivity contribution >= 4 is 40.7 Å². The van der Waals surface area contributed by atoms with Gasteiger partial charge in [-0.15, -0.1) is 0 Å². The lowest BCUT2D eigenvalue weighted by atomic mass is 10.0. The van der Waals surface area contributed by atoms with Crippen molar-refractivity contribution in [1.82, 2.24) is 9.88 Å². The van der Waals surface area contributed by atoms with Gasteiger partial charge in [-0.05, 0) is 62.3 Å². The van der Waals surface area contributed by atoms with Crippen LogP contribution in [-0.4, -0.2) is 41.6 Å². The molecule has 1 N–H and O–H groups in total. The molecule has 1 aliphatic heterocycles. The number of fused-ring (bicyclic) bond motifs is 1. The zero-order valence-corrected chi connectivity index (χ0v) is 18.2. The lowest BCUT2D eigenvalue weighted by Crippen LogP contribution is -2.28. The predicted molar refractivity (Wildman–Crippen MR) is 113 cm³/mol. The number of thiazole rings is 1. The maximum atomic E-state index is 13.0. The third-order valence-corrected chi connectivity index (χ3v) is 7.79. The molecule has 1 fully saturated rings. The number of hydrogen-bond donors (Lipinski definition) is 1. The van der Waals surface area contributed by atoms with E-state index in [1.165, 1.54) is 31.1 Å². The van der Waals surface area contributed by atoms with Crippen LogP contribution in [0.1, 0.15) is 41.4 Å². The second kappa shape index (κ2) is 6.82. The molecule has 28 heavy (non-hydrogen) atoms. The highest BCUT2D eigenvalue weighted by molar-refractivity contribution is 7.70. The average Bonchev–Trinajstić information content (AvgIpc) is 3.25. The molecule has 0 spiro atoms. The summed E-state index contributed by atoms with van der Waals surface area (Å²) in [7, 11) is -2.65. The summed E-state index contributed by atoms with van der Waals surface area (Å²) in [5.41, 5.74) is 3.28. The Balaban J connectivity index is 1.79. The second-order valence-electron chi connectivity index (χ2n) is 8.12. The maximum absolute atomic E-state index is 13.0. The van der Waals surface area contributed by atoms with Gasteiger partial charge in [0.25, 0.3) is 5.91 Å². The molecule has 0 saturated heterocycles. The summed E-state index contributed by atoms with van der Waals surface area (Å²) in [6.07, 6.45) is 2.37. The minimum Gasteiger partial charge on any atom is -0.334 e. The normalized spacial score (nSPS) is 16.4. The highest BCUT2D eigenvalue weighted by Gasteiger charge is 2.36. The van der Waals surface area contributed by atoms with E-state index in [2.05, 4.69) is 10.3 Å². The molecule has 2 aromatic rings. The summed E-state index contributed by atoms with van der Waals surface area (Å²) in [5, 5.41) is 3.92. The number of aromatic nitrogens is 1. The zero-order valence-electron chi connectivity index (χ0n) is 16.5. The maximum Gasteiger partial charge on any atom is 0.255 e. The van der Waals surface area contributed by atoms with Gasteiger partial charge in [0.05, 0.1) is 16.1 Å². The zero-order chi connectivity index (χ0) is 20.2. The first-order valence-electron chi connectivity index (χ1n) is 9.40. The number of hydrogen-bond acceptors (Lipinski definition) is 5. The topological polar surface area (TPSA) is 79.4 Å². The van der Waals surface area contributed by atoms with E-state index in [9.17, 15) is 14.2 Å². The van der Waals surface area contributed by atoms with Crippen molar-refractivity contribution in [3.8, 4) is 10.4 Å². The number of aryl methyl sites for hydroxylation is 1. The molecule has 1 aromatic carbocycles. The highest BCUT2D eigenvalue weighted by atomic mass is 32.1. The van der Waals surface area contributed by atoms with Crippen LogP contribution in [0.5, 0.6) is 0 Å². The molecule has 0 atom stereocenters. The minimum absolute atomic E-state index is 0.00679. The molecule has 2 heterocycles. The van der Waals surface area contributed by atoms with Crippen LogP contribution >= 0.6 is 18.5 Å². The summed E-state index contributed by atoms with van der Waals surface area (Å²) in [6, 6.07) is 3.91. The van der Waals surface area contributed by atoms with Gasteiger partial charge >= 0.3 is 0 Å². The molecule has 8 heteroatoms. The van der Waals surface area contributed by atoms with E-state index < -0.39 is 7.14 Å². The monoisotopic (exact) mass is 417 g/mol. The molecule has 1 aliphatic carbocycles. The molecule has 2 amide bonds. The van der Waals surface area contributed by atoms with Crippen LogP contribution in [-0.2, 0) is 15.9 Å². The molecular weight excluding hydrogens is 393 g/mol. The first-order valence-corrected chi connectivity index (χ1v) is 12.8. The van der Waals surface area contributed by atoms with Crippen molar-refractivity contribution in [2.24, 2.45) is 5.92 Å². The number of benzene rings is 1. The van der Waals surface area contributed by atoms with Gasteiger partial charge in [-0.3, -0.25) is 9.59 Å². The van der Waals surface area contributed by atoms with Crippen molar-refractivity contribution < 1.29 is 14.2 Å². The van der Waals surface area contributed by atoms with Crippen molar-refractivity contribution in [3.63, 3.8) is 0 Å². The second-order valence-corrected chi connectivity index (χ2v) is 12.3. The third kappa shape index (κ3) is 3.65. The first-order chi connectivity index (χ1) is 13.1. The molecule has 148 valence electrons. The number of nitrogens with one attached hydrogen (secondary N) is 1. The summed E-state index contributed by atoms with van der Waals surface area (Å²) in [6.45, 7) is 8.13. The number of nitrogens with zero attached hydrogens (tertiary/aromatic N) is 2. The Bertz CT molecular complexity index is 1040. The van der Waals surface area contributed by atoms with E-state index in [-0.39, 0.29) is 11.8 Å². The van der Waals surface area contributed by atoms with Gasteiger partial charge in [-0.25, -0.2) is 4.98 Å². The van der Waals surface area contributed by atoms with E-state index in [1.54, 1.807) is 13.3 Å². The molecule has 2 aliphatic rings. The molecule has 0 unspecified atom stereocenters. The van der Waals surface area contributed by atoms with E-state index in [0.29, 0.717) is 28.5 Å². The van der Waals surface area contributed by atoms with Gasteiger partial charge in [0.2, 0.25) is 5.91 Å². The molecule has 6 nitrogen and oxygen atoms in total. The summed E-state index contributed by atoms with van der Waals surface area (Å²) in [5.74, 6) is 0.454. The quantitative estimate of drug-likeness (QED) is 0.753. The van der Waals surface area contributed by atoms with Crippen LogP contribution in [0.25, 0.3) is 10.4 Å². The third-order valence-electron chi connectivity index (χ3n) is 5.16. The Morgan fingerprint density at radius 2 is 2.07 bits per heavy atom. The Morgan fingerprint density at radius 3 is 2.68 bits per heavy atom. The van der Waals surface area contributed by atoms with Crippen LogP contribution in [0.3, 0.4) is 0 Å². The van der Waals surface area contributed by atoms with Crippen molar-refractivity contribution in [2.75, 3.05) is 25.2 Å². The fraction of sp³-hybridized carbons (Fsp3) is 0.450. The average molecular weight is 417 g/mol. The van der Waals surface area contributed by atoms with Crippen molar-refractivity contribution in [2.45, 2.75) is 33.2 Å². The van der Waals surface area contributed by atoms with Crippen LogP contribution in [0, 0.1) is 12.8 Å². The SMILES string of the molecule is CC(=O)Nc1nc(C)c(-c2cc3c(c(P(C)(C)=O)c2)C(=O)N(CC2CC2)C3)s1. The van der Waals surface area contributed by atoms with Gasteiger partial charge in [-0.2, -0.15) is 0 Å². The number of amides is 2. The molecule has 0 bridgehead atoms. The lowest BCUT2D eigenvalue weighted by molar-refractivity contribution is -0.114. The van der Waals surface area contributed by atoms with Crippen LogP contribution < -0.4 is 10.6 Å². The predicted octanol–water partition coefficient (Wildman–Crippen LogP) is 3.69. The van der Waals surface area contributed by atoms with Crippen LogP contribution in [0.15, 0.2) is 12.1 Å². The van der Waals surface area contributed by atoms with Gasteiger partial charge in [-0.1, -0.05) is 11.3 Å². The molecule has 1 saturated carbocycles. The van der Waals surface area contributed by atoms with E-state index in [1.807, 2.05) is 24.0 Å². The molecule has 4 rings (SSSR count). The number of carbonyl (C=O) groups excluding carboxylic acids is 2. The minimum atomic E-state index is -2.65. The van der Waals surface area contributed by atoms with E-state index in [0.717, 1.165) is 28.2 Å². The molecular formula is C20H24N3O3PS. The number of carbonyl (C=O) groups is 2. The van der Waals surface area contributed by atoms with Gasteiger partial charge in [0, 0.05) is 25.3 Å². The van der Waals surface area contributed by atoms with Crippen molar-refractivity contribution in [1.29, 1.82) is 0 Å². The van der Waals surface area contributed by atoms with Gasteiger partial charge < -0.3 is 14.8 Å². The number of rotatable bonds is 5. The number of anilines is 1. The lowest BCUT2D eigenvalue weighted by Gasteiger charge is -2.16. The van der Waals surface area contributed by atoms with Crippen LogP contribution in [0.2, 0.25) is 0 Å². The molecule has 1 aromatic heterocycles. The van der Waals surface area contributed by atoms with Crippen LogP contribution in [0.4, 0.5) is 5.13 Å². The largest absolute Gasteiger partial charge is 0.334 e. The van der Waals surface area contributed by atoms with E-state index in [4.69, 9.17) is 0 Å². The Kier molecular flexibility index (Phi) is 4.71. The summed E-state index contributed by atoms with van der Waals surface area (Å²) < 4.78 is 13.0. The summed E-state index contributed by atoms with van der Waals surface area (Å²) >= 11 is 1.40. The smallest absolute Gasteiger partial charge is 0.255 e.